The number of aliphatic hydroxyl groups excluding tert-OH is 1. The summed E-state index contributed by atoms with van der Waals surface area (Å²) in [5.41, 5.74) is 1.75. The molecule has 0 radical (unpaired) electrons. The smallest absolute Gasteiger partial charge is 0.124 e. The first-order valence-electron chi connectivity index (χ1n) is 8.00. The molecule has 2 rings (SSSR count). The number of rotatable bonds is 7. The van der Waals surface area contributed by atoms with Crippen molar-refractivity contribution >= 4 is 0 Å². The second kappa shape index (κ2) is 7.68. The molecule has 0 amide bonds. The molecule has 1 atom stereocenters. The molecule has 0 saturated heterocycles. The minimum absolute atomic E-state index is 0.0360. The number of benzene rings is 1. The van der Waals surface area contributed by atoms with Gasteiger partial charge in [0, 0.05) is 30.4 Å². The van der Waals surface area contributed by atoms with Crippen molar-refractivity contribution in [2.45, 2.75) is 39.0 Å². The molecule has 132 valence electrons. The number of nitrogens with one attached hydrogen (secondary N) is 1. The number of aliphatic hydroxyl groups is 1. The van der Waals surface area contributed by atoms with E-state index < -0.39 is 6.10 Å². The summed E-state index contributed by atoms with van der Waals surface area (Å²) < 4.78 is 12.5. The Morgan fingerprint density at radius 3 is 2.58 bits per heavy atom. The summed E-state index contributed by atoms with van der Waals surface area (Å²) in [6.07, 6.45) is 3.18. The molecule has 0 aliphatic carbocycles. The molecular weight excluding hydrogens is 306 g/mol. The minimum Gasteiger partial charge on any atom is -0.497 e. The summed E-state index contributed by atoms with van der Waals surface area (Å²) in [4.78, 5) is 0. The highest BCUT2D eigenvalue weighted by Gasteiger charge is 2.16. The van der Waals surface area contributed by atoms with Crippen molar-refractivity contribution in [3.05, 3.63) is 41.7 Å². The largest absolute Gasteiger partial charge is 0.497 e. The Morgan fingerprint density at radius 2 is 2.00 bits per heavy atom. The fraction of sp³-hybridized carbons (Fsp3) is 0.500. The normalized spacial score (nSPS) is 12.9. The van der Waals surface area contributed by atoms with Crippen LogP contribution in [0.25, 0.3) is 0 Å². The van der Waals surface area contributed by atoms with Gasteiger partial charge in [-0.3, -0.25) is 4.68 Å². The molecule has 2 N–H and O–H groups in total. The Kier molecular flexibility index (Phi) is 5.85. The van der Waals surface area contributed by atoms with Crippen molar-refractivity contribution in [1.29, 1.82) is 0 Å². The topological polar surface area (TPSA) is 68.5 Å². The number of methoxy groups -OCH3 is 2. The fourth-order valence-corrected chi connectivity index (χ4v) is 2.38. The summed E-state index contributed by atoms with van der Waals surface area (Å²) >= 11 is 0. The minimum atomic E-state index is -0.687. The quantitative estimate of drug-likeness (QED) is 0.815. The lowest BCUT2D eigenvalue weighted by molar-refractivity contribution is 0.169. The summed E-state index contributed by atoms with van der Waals surface area (Å²) in [5.74, 6) is 1.34. The van der Waals surface area contributed by atoms with Crippen molar-refractivity contribution in [2.75, 3.05) is 20.8 Å². The fourth-order valence-electron chi connectivity index (χ4n) is 2.38. The van der Waals surface area contributed by atoms with Crippen molar-refractivity contribution in [2.24, 2.45) is 0 Å². The first-order chi connectivity index (χ1) is 11.3. The van der Waals surface area contributed by atoms with Gasteiger partial charge in [0.15, 0.2) is 0 Å². The van der Waals surface area contributed by atoms with Gasteiger partial charge in [-0.25, -0.2) is 0 Å². The number of nitrogens with zero attached hydrogens (tertiary/aromatic N) is 2. The summed E-state index contributed by atoms with van der Waals surface area (Å²) in [7, 11) is 3.19. The molecule has 1 heterocycles. The molecule has 0 bridgehead atoms. The zero-order valence-electron chi connectivity index (χ0n) is 15.0. The highest BCUT2D eigenvalue weighted by molar-refractivity contribution is 5.41. The van der Waals surface area contributed by atoms with Crippen LogP contribution in [0.1, 0.15) is 38.0 Å². The van der Waals surface area contributed by atoms with Crippen molar-refractivity contribution in [3.8, 4) is 11.5 Å². The van der Waals surface area contributed by atoms with E-state index in [1.165, 1.54) is 0 Å². The average molecular weight is 333 g/mol. The van der Waals surface area contributed by atoms with Crippen LogP contribution in [0.2, 0.25) is 0 Å². The number of ether oxygens (including phenoxy) is 2. The van der Waals surface area contributed by atoms with E-state index in [-0.39, 0.29) is 5.54 Å². The molecule has 2 aromatic rings. The molecule has 6 nitrogen and oxygen atoms in total. The van der Waals surface area contributed by atoms with Crippen LogP contribution in [0.5, 0.6) is 11.5 Å². The van der Waals surface area contributed by atoms with Crippen LogP contribution in [-0.4, -0.2) is 35.7 Å². The predicted octanol–water partition coefficient (Wildman–Crippen LogP) is 2.48. The van der Waals surface area contributed by atoms with Crippen LogP contribution >= 0.6 is 0 Å². The molecular formula is C18H27N3O3. The SMILES string of the molecule is COc1ccc(OC)c([C@@H](O)CNCc2cnn(C(C)(C)C)c2)c1. The first kappa shape index (κ1) is 18.3. The molecule has 6 heteroatoms. The van der Waals surface area contributed by atoms with Crippen LogP contribution < -0.4 is 14.8 Å². The third-order valence-electron chi connectivity index (χ3n) is 3.79. The van der Waals surface area contributed by atoms with Crippen LogP contribution in [0, 0.1) is 0 Å². The Balaban J connectivity index is 1.96. The monoisotopic (exact) mass is 333 g/mol. The Hall–Kier alpha value is -2.05. The van der Waals surface area contributed by atoms with E-state index in [2.05, 4.69) is 31.2 Å². The summed E-state index contributed by atoms with van der Waals surface area (Å²) in [6, 6.07) is 5.40. The lowest BCUT2D eigenvalue weighted by Gasteiger charge is -2.18. The number of hydrogen-bond acceptors (Lipinski definition) is 5. The highest BCUT2D eigenvalue weighted by Crippen LogP contribution is 2.29. The van der Waals surface area contributed by atoms with Crippen LogP contribution in [0.3, 0.4) is 0 Å². The van der Waals surface area contributed by atoms with E-state index in [1.807, 2.05) is 23.1 Å². The molecule has 1 aromatic heterocycles. The molecule has 1 aromatic carbocycles. The number of aromatic nitrogens is 2. The lowest BCUT2D eigenvalue weighted by atomic mass is 10.1. The van der Waals surface area contributed by atoms with Gasteiger partial charge in [-0.15, -0.1) is 0 Å². The third-order valence-corrected chi connectivity index (χ3v) is 3.79. The van der Waals surface area contributed by atoms with E-state index >= 15 is 0 Å². The van der Waals surface area contributed by atoms with Crippen LogP contribution in [0.15, 0.2) is 30.6 Å². The molecule has 24 heavy (non-hydrogen) atoms. The predicted molar refractivity (Wildman–Crippen MR) is 93.4 cm³/mol. The summed E-state index contributed by atoms with van der Waals surface area (Å²) in [5, 5.41) is 18.1. The Bertz CT molecular complexity index is 662. The van der Waals surface area contributed by atoms with Gasteiger partial charge >= 0.3 is 0 Å². The molecule has 0 aliphatic rings. The van der Waals surface area contributed by atoms with E-state index in [1.54, 1.807) is 26.4 Å². The second-order valence-corrected chi connectivity index (χ2v) is 6.72. The average Bonchev–Trinajstić information content (AvgIpc) is 3.03. The molecule has 0 aliphatic heterocycles. The molecule has 0 spiro atoms. The van der Waals surface area contributed by atoms with Crippen LogP contribution in [0.4, 0.5) is 0 Å². The maximum atomic E-state index is 10.4. The first-order valence-corrected chi connectivity index (χ1v) is 8.00. The molecule has 0 saturated carbocycles. The third kappa shape index (κ3) is 4.49. The van der Waals surface area contributed by atoms with Gasteiger partial charge in [0.25, 0.3) is 0 Å². The molecule has 0 fully saturated rings. The zero-order chi connectivity index (χ0) is 17.7. The molecule has 0 unspecified atom stereocenters. The van der Waals surface area contributed by atoms with Crippen molar-refractivity contribution in [1.82, 2.24) is 15.1 Å². The van der Waals surface area contributed by atoms with Gasteiger partial charge < -0.3 is 19.9 Å². The van der Waals surface area contributed by atoms with Gasteiger partial charge in [-0.1, -0.05) is 0 Å². The van der Waals surface area contributed by atoms with E-state index in [4.69, 9.17) is 9.47 Å². The van der Waals surface area contributed by atoms with Gasteiger partial charge in [0.2, 0.25) is 0 Å². The maximum Gasteiger partial charge on any atom is 0.124 e. The maximum absolute atomic E-state index is 10.4. The van der Waals surface area contributed by atoms with Gasteiger partial charge in [0.1, 0.15) is 11.5 Å². The van der Waals surface area contributed by atoms with Crippen LogP contribution in [-0.2, 0) is 12.1 Å². The standard InChI is InChI=1S/C18H27N3O3/c1-18(2,3)21-12-13(10-20-21)9-19-11-16(22)15-8-14(23-4)6-7-17(15)24-5/h6-8,10,12,16,19,22H,9,11H2,1-5H3/t16-/m0/s1. The Morgan fingerprint density at radius 1 is 1.25 bits per heavy atom. The lowest BCUT2D eigenvalue weighted by Crippen LogP contribution is -2.23. The van der Waals surface area contributed by atoms with E-state index in [0.717, 1.165) is 5.56 Å². The summed E-state index contributed by atoms with van der Waals surface area (Å²) in [6.45, 7) is 7.37. The van der Waals surface area contributed by atoms with Crippen molar-refractivity contribution < 1.29 is 14.6 Å². The highest BCUT2D eigenvalue weighted by atomic mass is 16.5. The number of hydrogen-bond donors (Lipinski definition) is 2. The van der Waals surface area contributed by atoms with Gasteiger partial charge in [0.05, 0.1) is 32.1 Å². The van der Waals surface area contributed by atoms with E-state index in [0.29, 0.717) is 30.2 Å². The second-order valence-electron chi connectivity index (χ2n) is 6.72. The van der Waals surface area contributed by atoms with E-state index in [9.17, 15) is 5.11 Å². The van der Waals surface area contributed by atoms with Crippen molar-refractivity contribution in [3.63, 3.8) is 0 Å². The van der Waals surface area contributed by atoms with Gasteiger partial charge in [-0.2, -0.15) is 5.10 Å². The zero-order valence-corrected chi connectivity index (χ0v) is 15.0. The Labute approximate surface area is 143 Å². The van der Waals surface area contributed by atoms with Gasteiger partial charge in [-0.05, 0) is 39.0 Å².